The van der Waals surface area contributed by atoms with Gasteiger partial charge >= 0.3 is 6.09 Å². The number of hydrogen-bond acceptors (Lipinski definition) is 6. The monoisotopic (exact) mass is 495 g/mol. The topological polar surface area (TPSA) is 108 Å². The Labute approximate surface area is 208 Å². The molecule has 0 aromatic heterocycles. The van der Waals surface area contributed by atoms with Crippen LogP contribution in [0, 0.1) is 6.92 Å². The van der Waals surface area contributed by atoms with Crippen molar-refractivity contribution in [3.05, 3.63) is 29.3 Å². The maximum atomic E-state index is 13.9. The van der Waals surface area contributed by atoms with E-state index in [0.29, 0.717) is 23.3 Å². The number of thioether (sulfide) groups is 1. The summed E-state index contributed by atoms with van der Waals surface area (Å²) in [7, 11) is 0. The minimum atomic E-state index is -1.08. The predicted molar refractivity (Wildman–Crippen MR) is 137 cm³/mol. The van der Waals surface area contributed by atoms with Crippen molar-refractivity contribution in [1.82, 2.24) is 15.5 Å². The van der Waals surface area contributed by atoms with Gasteiger partial charge in [0.1, 0.15) is 23.4 Å². The van der Waals surface area contributed by atoms with Gasteiger partial charge in [0.15, 0.2) is 0 Å². The van der Waals surface area contributed by atoms with Crippen LogP contribution in [0.15, 0.2) is 18.2 Å². The van der Waals surface area contributed by atoms with E-state index in [1.165, 1.54) is 4.90 Å². The van der Waals surface area contributed by atoms with Crippen molar-refractivity contribution in [2.75, 3.05) is 12.0 Å². The first-order chi connectivity index (χ1) is 15.7. The zero-order valence-corrected chi connectivity index (χ0v) is 22.7. The molecule has 0 bridgehead atoms. The molecule has 3 N–H and O–H groups in total. The number of nitrogens with one attached hydrogen (secondary N) is 2. The molecule has 3 amide bonds. The molecule has 1 aromatic rings. The van der Waals surface area contributed by atoms with Crippen LogP contribution in [0.4, 0.5) is 4.79 Å². The lowest BCUT2D eigenvalue weighted by atomic mass is 9.97. The van der Waals surface area contributed by atoms with Crippen molar-refractivity contribution in [2.45, 2.75) is 91.6 Å². The molecule has 0 fully saturated rings. The number of para-hydroxylation sites is 1. The largest absolute Gasteiger partial charge is 0.507 e. The first-order valence-corrected chi connectivity index (χ1v) is 13.0. The van der Waals surface area contributed by atoms with Gasteiger partial charge in [0.05, 0.1) is 0 Å². The molecular formula is C25H41N3O5S. The highest BCUT2D eigenvalue weighted by atomic mass is 32.2. The van der Waals surface area contributed by atoms with Crippen LogP contribution in [0.5, 0.6) is 5.75 Å². The van der Waals surface area contributed by atoms with E-state index in [1.54, 1.807) is 71.5 Å². The third-order valence-electron chi connectivity index (χ3n) is 4.93. The maximum absolute atomic E-state index is 13.9. The SMILES string of the molecule is CSCCC(NC(=O)OC(C)(C)C)C(=O)N(C(C)C)C(C(=O)NC(C)C)c1cccc(C)c1O. The highest BCUT2D eigenvalue weighted by molar-refractivity contribution is 7.98. The number of hydrogen-bond donors (Lipinski definition) is 3. The van der Waals surface area contributed by atoms with Crippen molar-refractivity contribution in [1.29, 1.82) is 0 Å². The average molecular weight is 496 g/mol. The third kappa shape index (κ3) is 8.74. The zero-order valence-electron chi connectivity index (χ0n) is 21.9. The number of ether oxygens (including phenoxy) is 1. The Morgan fingerprint density at radius 1 is 1.12 bits per heavy atom. The molecule has 1 aromatic carbocycles. The highest BCUT2D eigenvalue weighted by Gasteiger charge is 2.39. The summed E-state index contributed by atoms with van der Waals surface area (Å²) in [5.41, 5.74) is 0.213. The molecule has 0 aliphatic heterocycles. The summed E-state index contributed by atoms with van der Waals surface area (Å²) in [4.78, 5) is 41.2. The molecule has 0 heterocycles. The van der Waals surface area contributed by atoms with Crippen LogP contribution in [-0.4, -0.2) is 63.6 Å². The number of nitrogens with zero attached hydrogens (tertiary/aromatic N) is 1. The Morgan fingerprint density at radius 2 is 1.74 bits per heavy atom. The zero-order chi connectivity index (χ0) is 26.2. The molecule has 34 heavy (non-hydrogen) atoms. The number of alkyl carbamates (subject to hydrolysis) is 1. The third-order valence-corrected chi connectivity index (χ3v) is 5.58. The van der Waals surface area contributed by atoms with Gasteiger partial charge in [0, 0.05) is 17.6 Å². The number of rotatable bonds is 10. The Bertz CT molecular complexity index is 851. The van der Waals surface area contributed by atoms with Crippen molar-refractivity contribution < 1.29 is 24.2 Å². The normalized spacial score (nSPS) is 13.4. The Balaban J connectivity index is 3.50. The van der Waals surface area contributed by atoms with E-state index in [2.05, 4.69) is 10.6 Å². The lowest BCUT2D eigenvalue weighted by molar-refractivity contribution is -0.144. The van der Waals surface area contributed by atoms with E-state index < -0.39 is 41.6 Å². The van der Waals surface area contributed by atoms with Gasteiger partial charge < -0.3 is 25.4 Å². The molecule has 8 nitrogen and oxygen atoms in total. The van der Waals surface area contributed by atoms with E-state index in [0.717, 1.165) is 0 Å². The second-order valence-electron chi connectivity index (χ2n) is 9.90. The van der Waals surface area contributed by atoms with Gasteiger partial charge in [-0.05, 0) is 79.4 Å². The van der Waals surface area contributed by atoms with E-state index in [1.807, 2.05) is 20.1 Å². The smallest absolute Gasteiger partial charge is 0.408 e. The first kappa shape index (κ1) is 29.6. The lowest BCUT2D eigenvalue weighted by Crippen LogP contribution is -2.55. The number of carbonyl (C=O) groups excluding carboxylic acids is 3. The summed E-state index contributed by atoms with van der Waals surface area (Å²) in [5, 5.41) is 16.4. The molecular weight excluding hydrogens is 454 g/mol. The number of aromatic hydroxyl groups is 1. The Morgan fingerprint density at radius 3 is 2.24 bits per heavy atom. The van der Waals surface area contributed by atoms with Gasteiger partial charge in [-0.2, -0.15) is 11.8 Å². The fourth-order valence-electron chi connectivity index (χ4n) is 3.49. The summed E-state index contributed by atoms with van der Waals surface area (Å²) < 4.78 is 5.37. The van der Waals surface area contributed by atoms with Crippen LogP contribution in [0.25, 0.3) is 0 Å². The second kappa shape index (κ2) is 12.9. The van der Waals surface area contributed by atoms with E-state index >= 15 is 0 Å². The summed E-state index contributed by atoms with van der Waals surface area (Å²) in [6.07, 6.45) is 1.58. The molecule has 2 atom stereocenters. The highest BCUT2D eigenvalue weighted by Crippen LogP contribution is 2.33. The van der Waals surface area contributed by atoms with Gasteiger partial charge in [-0.3, -0.25) is 9.59 Å². The number of amides is 3. The van der Waals surface area contributed by atoms with Crippen LogP contribution in [0.1, 0.15) is 72.1 Å². The van der Waals surface area contributed by atoms with E-state index in [-0.39, 0.29) is 11.8 Å². The number of aryl methyl sites for hydroxylation is 1. The van der Waals surface area contributed by atoms with Crippen LogP contribution in [0.2, 0.25) is 0 Å². The molecule has 0 aliphatic rings. The summed E-state index contributed by atoms with van der Waals surface area (Å²) in [6, 6.07) is 2.59. The van der Waals surface area contributed by atoms with Gasteiger partial charge in [-0.25, -0.2) is 4.79 Å². The quantitative estimate of drug-likeness (QED) is 0.450. The molecule has 1 rings (SSSR count). The molecule has 2 unspecified atom stereocenters. The number of carbonyl (C=O) groups is 3. The number of phenols is 1. The Kier molecular flexibility index (Phi) is 11.2. The van der Waals surface area contributed by atoms with Crippen molar-refractivity contribution in [2.24, 2.45) is 0 Å². The van der Waals surface area contributed by atoms with Crippen LogP contribution >= 0.6 is 11.8 Å². The van der Waals surface area contributed by atoms with Gasteiger partial charge in [-0.15, -0.1) is 0 Å². The molecule has 0 saturated carbocycles. The fourth-order valence-corrected chi connectivity index (χ4v) is 3.96. The molecule has 0 radical (unpaired) electrons. The molecule has 192 valence electrons. The van der Waals surface area contributed by atoms with Gasteiger partial charge in [-0.1, -0.05) is 18.2 Å². The standard InChI is InChI=1S/C25H41N3O5S/c1-15(2)26-22(30)20(18-12-10-11-17(5)21(18)29)28(16(3)4)23(31)19(13-14-34-9)27-24(32)33-25(6,7)8/h10-12,15-16,19-20,29H,13-14H2,1-9H3,(H,26,30)(H,27,32). The molecule has 0 spiro atoms. The second-order valence-corrected chi connectivity index (χ2v) is 10.9. The van der Waals surface area contributed by atoms with Gasteiger partial charge in [0.2, 0.25) is 11.8 Å². The van der Waals surface area contributed by atoms with Gasteiger partial charge in [0.25, 0.3) is 0 Å². The van der Waals surface area contributed by atoms with Crippen LogP contribution < -0.4 is 10.6 Å². The minimum absolute atomic E-state index is 0.0365. The minimum Gasteiger partial charge on any atom is -0.507 e. The molecule has 0 saturated heterocycles. The number of phenolic OH excluding ortho intramolecular Hbond substituents is 1. The number of benzene rings is 1. The van der Waals surface area contributed by atoms with Crippen molar-refractivity contribution in [3.63, 3.8) is 0 Å². The van der Waals surface area contributed by atoms with E-state index in [9.17, 15) is 19.5 Å². The molecule has 9 heteroatoms. The van der Waals surface area contributed by atoms with Crippen LogP contribution in [-0.2, 0) is 14.3 Å². The predicted octanol–water partition coefficient (Wildman–Crippen LogP) is 4.15. The maximum Gasteiger partial charge on any atom is 0.408 e. The summed E-state index contributed by atoms with van der Waals surface area (Å²) in [5.74, 6) is -0.236. The van der Waals surface area contributed by atoms with Crippen LogP contribution in [0.3, 0.4) is 0 Å². The fraction of sp³-hybridized carbons (Fsp3) is 0.640. The lowest BCUT2D eigenvalue weighted by Gasteiger charge is -2.37. The molecule has 0 aliphatic carbocycles. The van der Waals surface area contributed by atoms with Crippen molar-refractivity contribution >= 4 is 29.7 Å². The first-order valence-electron chi connectivity index (χ1n) is 11.6. The average Bonchev–Trinajstić information content (AvgIpc) is 2.68. The Hall–Kier alpha value is -2.42. The van der Waals surface area contributed by atoms with E-state index in [4.69, 9.17) is 4.74 Å². The summed E-state index contributed by atoms with van der Waals surface area (Å²) >= 11 is 1.55. The van der Waals surface area contributed by atoms with Crippen molar-refractivity contribution in [3.8, 4) is 5.75 Å². The summed E-state index contributed by atoms with van der Waals surface area (Å²) in [6.45, 7) is 14.3.